The van der Waals surface area contributed by atoms with E-state index in [1.807, 2.05) is 12.1 Å². The minimum Gasteiger partial charge on any atom is -0.392 e. The average molecular weight is 373 g/mol. The molecule has 1 aromatic heterocycles. The molecule has 3 rings (SSSR count). The Balaban J connectivity index is 0.00000208. The van der Waals surface area contributed by atoms with E-state index in [0.29, 0.717) is 42.7 Å². The number of carbonyl (C=O) groups is 1. The second-order valence-corrected chi connectivity index (χ2v) is 5.85. The van der Waals surface area contributed by atoms with Crippen LogP contribution in [0.1, 0.15) is 12.3 Å². The third kappa shape index (κ3) is 4.67. The second kappa shape index (κ2) is 8.43. The van der Waals surface area contributed by atoms with Gasteiger partial charge in [-0.3, -0.25) is 4.79 Å². The predicted molar refractivity (Wildman–Crippen MR) is 91.1 cm³/mol. The number of rotatable bonds is 5. The minimum atomic E-state index is -0.455. The molecular weight excluding hydrogens is 355 g/mol. The predicted octanol–water partition coefficient (Wildman–Crippen LogP) is 1.19. The molecule has 1 fully saturated rings. The summed E-state index contributed by atoms with van der Waals surface area (Å²) >= 11 is 5.84. The summed E-state index contributed by atoms with van der Waals surface area (Å²) in [5.74, 6) is 0.817. The van der Waals surface area contributed by atoms with Gasteiger partial charge in [0.05, 0.1) is 12.1 Å². The van der Waals surface area contributed by atoms with Crippen molar-refractivity contribution in [2.45, 2.75) is 25.0 Å². The van der Waals surface area contributed by atoms with Crippen LogP contribution in [0.25, 0.3) is 11.4 Å². The summed E-state index contributed by atoms with van der Waals surface area (Å²) in [5.41, 5.74) is 0.817. The number of halogens is 2. The molecule has 2 heterocycles. The Kier molecular flexibility index (Phi) is 6.56. The number of hydrogen-bond acceptors (Lipinski definition) is 6. The molecule has 0 aliphatic carbocycles. The van der Waals surface area contributed by atoms with Crippen LogP contribution in [0.15, 0.2) is 28.8 Å². The first-order chi connectivity index (χ1) is 11.1. The van der Waals surface area contributed by atoms with Crippen LogP contribution in [0.4, 0.5) is 0 Å². The Morgan fingerprint density at radius 1 is 1.42 bits per heavy atom. The van der Waals surface area contributed by atoms with E-state index < -0.39 is 6.10 Å². The van der Waals surface area contributed by atoms with E-state index in [4.69, 9.17) is 16.1 Å². The third-order valence-electron chi connectivity index (χ3n) is 3.63. The highest BCUT2D eigenvalue weighted by atomic mass is 35.5. The zero-order valence-electron chi connectivity index (χ0n) is 12.7. The average Bonchev–Trinajstić information content (AvgIpc) is 3.17. The van der Waals surface area contributed by atoms with Crippen molar-refractivity contribution in [3.05, 3.63) is 35.2 Å². The molecule has 24 heavy (non-hydrogen) atoms. The maximum Gasteiger partial charge on any atom is 0.237 e. The quantitative estimate of drug-likeness (QED) is 0.728. The van der Waals surface area contributed by atoms with Crippen LogP contribution in [-0.2, 0) is 11.2 Å². The van der Waals surface area contributed by atoms with Crippen LogP contribution in [-0.4, -0.2) is 46.4 Å². The summed E-state index contributed by atoms with van der Waals surface area (Å²) in [5, 5.41) is 19.7. The second-order valence-electron chi connectivity index (χ2n) is 5.41. The van der Waals surface area contributed by atoms with Gasteiger partial charge in [-0.1, -0.05) is 16.8 Å². The van der Waals surface area contributed by atoms with Crippen LogP contribution < -0.4 is 10.6 Å². The van der Waals surface area contributed by atoms with E-state index in [2.05, 4.69) is 20.8 Å². The summed E-state index contributed by atoms with van der Waals surface area (Å²) in [7, 11) is 0. The van der Waals surface area contributed by atoms with Crippen LogP contribution in [0, 0.1) is 0 Å². The lowest BCUT2D eigenvalue weighted by atomic mass is 10.2. The highest BCUT2D eigenvalue weighted by Crippen LogP contribution is 2.18. The minimum absolute atomic E-state index is 0. The van der Waals surface area contributed by atoms with Gasteiger partial charge in [0.1, 0.15) is 0 Å². The fourth-order valence-corrected chi connectivity index (χ4v) is 2.53. The third-order valence-corrected chi connectivity index (χ3v) is 3.88. The first-order valence-corrected chi connectivity index (χ1v) is 7.77. The number of β-amino-alcohol motifs (C(OH)–C–C–N with tert-alkyl or cyclic N) is 1. The first-order valence-electron chi connectivity index (χ1n) is 7.39. The van der Waals surface area contributed by atoms with Crippen molar-refractivity contribution in [1.29, 1.82) is 0 Å². The summed E-state index contributed by atoms with van der Waals surface area (Å²) in [4.78, 5) is 16.2. The van der Waals surface area contributed by atoms with Gasteiger partial charge < -0.3 is 20.3 Å². The zero-order valence-corrected chi connectivity index (χ0v) is 14.3. The van der Waals surface area contributed by atoms with Gasteiger partial charge in [0.25, 0.3) is 0 Å². The number of carbonyl (C=O) groups excluding carboxylic acids is 1. The fraction of sp³-hybridized carbons (Fsp3) is 0.400. The molecule has 0 bridgehead atoms. The Bertz CT molecular complexity index is 678. The molecule has 2 atom stereocenters. The fourth-order valence-electron chi connectivity index (χ4n) is 2.41. The maximum absolute atomic E-state index is 11.9. The number of aromatic nitrogens is 2. The van der Waals surface area contributed by atoms with E-state index >= 15 is 0 Å². The van der Waals surface area contributed by atoms with Crippen LogP contribution in [0.5, 0.6) is 0 Å². The normalized spacial score (nSPS) is 19.8. The van der Waals surface area contributed by atoms with Crippen LogP contribution >= 0.6 is 24.0 Å². The Morgan fingerprint density at radius 2 is 2.17 bits per heavy atom. The smallest absolute Gasteiger partial charge is 0.237 e. The SMILES string of the molecule is Cl.O=C(NCCc1nc(-c2ccc(Cl)cc2)no1)C1CC(O)CN1. The summed E-state index contributed by atoms with van der Waals surface area (Å²) < 4.78 is 5.17. The molecule has 2 aromatic rings. The molecule has 7 nitrogen and oxygen atoms in total. The van der Waals surface area contributed by atoms with Gasteiger partial charge in [-0.15, -0.1) is 12.4 Å². The standard InChI is InChI=1S/C15H17ClN4O3.ClH/c16-10-3-1-9(2-4-10)14-19-13(23-20-14)5-6-17-15(22)12-7-11(21)8-18-12;/h1-4,11-12,18,21H,5-8H2,(H,17,22);1H. The van der Waals surface area contributed by atoms with Crippen molar-refractivity contribution in [2.75, 3.05) is 13.1 Å². The number of hydrogen-bond donors (Lipinski definition) is 3. The van der Waals surface area contributed by atoms with Crippen molar-refractivity contribution < 1.29 is 14.4 Å². The summed E-state index contributed by atoms with van der Waals surface area (Å²) in [6.45, 7) is 0.849. The van der Waals surface area contributed by atoms with E-state index in [1.165, 1.54) is 0 Å². The Labute approximate surface area is 150 Å². The Hall–Kier alpha value is -1.67. The maximum atomic E-state index is 11.9. The number of amides is 1. The van der Waals surface area contributed by atoms with Gasteiger partial charge in [-0.25, -0.2) is 0 Å². The summed E-state index contributed by atoms with van der Waals surface area (Å²) in [6.07, 6.45) is 0.429. The van der Waals surface area contributed by atoms with Crippen LogP contribution in [0.3, 0.4) is 0 Å². The topological polar surface area (TPSA) is 100 Å². The molecule has 130 valence electrons. The first kappa shape index (κ1) is 18.7. The number of nitrogens with one attached hydrogen (secondary N) is 2. The molecule has 1 saturated heterocycles. The molecule has 0 saturated carbocycles. The van der Waals surface area contributed by atoms with Gasteiger partial charge in [0.15, 0.2) is 0 Å². The van der Waals surface area contributed by atoms with E-state index in [0.717, 1.165) is 5.56 Å². The zero-order chi connectivity index (χ0) is 16.2. The lowest BCUT2D eigenvalue weighted by molar-refractivity contribution is -0.122. The molecule has 2 unspecified atom stereocenters. The molecular formula is C15H18Cl2N4O3. The van der Waals surface area contributed by atoms with E-state index in [1.54, 1.807) is 12.1 Å². The van der Waals surface area contributed by atoms with Gasteiger partial charge >= 0.3 is 0 Å². The molecule has 1 aromatic carbocycles. The van der Waals surface area contributed by atoms with Crippen molar-refractivity contribution in [3.8, 4) is 11.4 Å². The molecule has 1 aliphatic heterocycles. The van der Waals surface area contributed by atoms with Gasteiger partial charge in [-0.2, -0.15) is 4.98 Å². The van der Waals surface area contributed by atoms with Gasteiger partial charge in [0.2, 0.25) is 17.6 Å². The lowest BCUT2D eigenvalue weighted by Gasteiger charge is -2.09. The van der Waals surface area contributed by atoms with Crippen molar-refractivity contribution in [1.82, 2.24) is 20.8 Å². The molecule has 0 spiro atoms. The number of aliphatic hydroxyl groups is 1. The molecule has 1 aliphatic rings. The van der Waals surface area contributed by atoms with E-state index in [9.17, 15) is 9.90 Å². The molecule has 9 heteroatoms. The van der Waals surface area contributed by atoms with E-state index in [-0.39, 0.29) is 24.4 Å². The molecule has 3 N–H and O–H groups in total. The molecule has 1 amide bonds. The van der Waals surface area contributed by atoms with Crippen molar-refractivity contribution in [3.63, 3.8) is 0 Å². The Morgan fingerprint density at radius 3 is 2.83 bits per heavy atom. The number of benzene rings is 1. The molecule has 0 radical (unpaired) electrons. The van der Waals surface area contributed by atoms with Crippen molar-refractivity contribution in [2.24, 2.45) is 0 Å². The van der Waals surface area contributed by atoms with Gasteiger partial charge in [0, 0.05) is 30.1 Å². The van der Waals surface area contributed by atoms with Crippen molar-refractivity contribution >= 4 is 29.9 Å². The summed E-state index contributed by atoms with van der Waals surface area (Å²) in [6, 6.07) is 6.81. The van der Waals surface area contributed by atoms with Crippen LogP contribution in [0.2, 0.25) is 5.02 Å². The van der Waals surface area contributed by atoms with Gasteiger partial charge in [-0.05, 0) is 30.7 Å². The lowest BCUT2D eigenvalue weighted by Crippen LogP contribution is -2.41. The number of aliphatic hydroxyl groups excluding tert-OH is 1. The monoisotopic (exact) mass is 372 g/mol. The highest BCUT2D eigenvalue weighted by Gasteiger charge is 2.27. The number of nitrogens with zero attached hydrogens (tertiary/aromatic N) is 2. The largest absolute Gasteiger partial charge is 0.392 e. The highest BCUT2D eigenvalue weighted by molar-refractivity contribution is 6.30.